The first-order chi connectivity index (χ1) is 10.2. The number of hydrogen-bond donors (Lipinski definition) is 1. The van der Waals surface area contributed by atoms with Crippen LogP contribution in [-0.2, 0) is 0 Å². The topological polar surface area (TPSA) is 50.9 Å². The molecule has 0 aliphatic carbocycles. The van der Waals surface area contributed by atoms with Crippen molar-refractivity contribution in [1.29, 1.82) is 5.41 Å². The fraction of sp³-hybridized carbons (Fsp3) is 0.0588. The first-order valence-corrected chi connectivity index (χ1v) is 6.54. The summed E-state index contributed by atoms with van der Waals surface area (Å²) in [5.41, 5.74) is 0.902. The molecule has 1 aromatic carbocycles. The number of ether oxygens (including phenoxy) is 1. The van der Waals surface area contributed by atoms with Gasteiger partial charge in [0, 0.05) is 23.0 Å². The summed E-state index contributed by atoms with van der Waals surface area (Å²) < 4.78 is 7.13. The summed E-state index contributed by atoms with van der Waals surface area (Å²) in [7, 11) is 1.62. The van der Waals surface area contributed by atoms with Gasteiger partial charge in [-0.2, -0.15) is 0 Å². The molecule has 4 nitrogen and oxygen atoms in total. The Morgan fingerprint density at radius 1 is 1.33 bits per heavy atom. The van der Waals surface area contributed by atoms with Crippen LogP contribution in [0, 0.1) is 5.41 Å². The molecule has 21 heavy (non-hydrogen) atoms. The van der Waals surface area contributed by atoms with Gasteiger partial charge in [0.05, 0.1) is 18.8 Å². The van der Waals surface area contributed by atoms with E-state index in [9.17, 15) is 0 Å². The molecule has 4 heteroatoms. The van der Waals surface area contributed by atoms with Gasteiger partial charge in [0.1, 0.15) is 11.6 Å². The van der Waals surface area contributed by atoms with E-state index in [4.69, 9.17) is 10.1 Å². The third-order valence-electron chi connectivity index (χ3n) is 3.41. The van der Waals surface area contributed by atoms with Crippen LogP contribution in [0.5, 0.6) is 5.75 Å². The number of rotatable bonds is 2. The number of fused-ring (bicyclic) bond motifs is 1. The third kappa shape index (κ3) is 2.31. The van der Waals surface area contributed by atoms with Gasteiger partial charge >= 0.3 is 0 Å². The minimum Gasteiger partial charge on any atom is -0.496 e. The van der Waals surface area contributed by atoms with Crippen LogP contribution in [0.15, 0.2) is 48.9 Å². The van der Waals surface area contributed by atoms with Gasteiger partial charge in [0.2, 0.25) is 0 Å². The van der Waals surface area contributed by atoms with E-state index in [-0.39, 0.29) is 0 Å². The van der Waals surface area contributed by atoms with E-state index in [0.717, 1.165) is 21.3 Å². The summed E-state index contributed by atoms with van der Waals surface area (Å²) in [6.45, 7) is 4.00. The van der Waals surface area contributed by atoms with Crippen LogP contribution in [0.3, 0.4) is 0 Å². The highest BCUT2D eigenvalue weighted by Gasteiger charge is 2.04. The molecule has 0 saturated carbocycles. The average molecular weight is 277 g/mol. The molecule has 104 valence electrons. The fourth-order valence-electron chi connectivity index (χ4n) is 2.32. The zero-order chi connectivity index (χ0) is 14.8. The predicted octanol–water partition coefficient (Wildman–Crippen LogP) is 1.76. The van der Waals surface area contributed by atoms with E-state index < -0.39 is 0 Å². The van der Waals surface area contributed by atoms with E-state index in [1.165, 1.54) is 0 Å². The van der Waals surface area contributed by atoms with Crippen molar-refractivity contribution in [1.82, 2.24) is 9.55 Å². The molecule has 0 radical (unpaired) electrons. The van der Waals surface area contributed by atoms with Gasteiger partial charge in [-0.3, -0.25) is 10.4 Å². The summed E-state index contributed by atoms with van der Waals surface area (Å²) in [5.74, 6) is 1.05. The monoisotopic (exact) mass is 277 g/mol. The quantitative estimate of drug-likeness (QED) is 0.573. The smallest absolute Gasteiger partial charge is 0.130 e. The van der Waals surface area contributed by atoms with E-state index >= 15 is 0 Å². The zero-order valence-corrected chi connectivity index (χ0v) is 11.7. The molecule has 0 unspecified atom stereocenters. The molecule has 0 fully saturated rings. The second-order valence-corrected chi connectivity index (χ2v) is 4.68. The van der Waals surface area contributed by atoms with E-state index in [1.807, 2.05) is 36.5 Å². The van der Waals surface area contributed by atoms with Crippen LogP contribution >= 0.6 is 0 Å². The molecule has 0 aliphatic rings. The molecule has 0 amide bonds. The molecule has 0 aliphatic heterocycles. The Balaban J connectivity index is 2.16. The third-order valence-corrected chi connectivity index (χ3v) is 3.41. The minimum atomic E-state index is 0.340. The Morgan fingerprint density at radius 3 is 3.00 bits per heavy atom. The van der Waals surface area contributed by atoms with Gasteiger partial charge in [0.15, 0.2) is 0 Å². The lowest BCUT2D eigenvalue weighted by Crippen LogP contribution is -2.27. The summed E-state index contributed by atoms with van der Waals surface area (Å²) in [6.07, 6.45) is 7.12. The molecule has 3 aromatic rings. The number of methoxy groups -OCH3 is 1. The molecule has 0 atom stereocenters. The number of benzene rings is 1. The van der Waals surface area contributed by atoms with Crippen LogP contribution in [0.4, 0.5) is 0 Å². The number of nitrogens with zero attached hydrogens (tertiary/aromatic N) is 2. The van der Waals surface area contributed by atoms with Gasteiger partial charge in [-0.25, -0.2) is 0 Å². The van der Waals surface area contributed by atoms with E-state index in [2.05, 4.69) is 11.6 Å². The Bertz CT molecular complexity index is 925. The number of pyridine rings is 1. The molecule has 0 spiro atoms. The van der Waals surface area contributed by atoms with Crippen molar-refractivity contribution in [3.05, 3.63) is 59.4 Å². The van der Waals surface area contributed by atoms with Crippen molar-refractivity contribution in [3.8, 4) is 5.75 Å². The second-order valence-electron chi connectivity index (χ2n) is 4.68. The van der Waals surface area contributed by atoms with Crippen molar-refractivity contribution in [2.75, 3.05) is 7.11 Å². The standard InChI is InChI=1S/C17H15N3O/c1-12-4-3-5-16(21-2)14(12)10-17(18)20-9-7-13-6-8-19-11-15(13)20/h3-11,18H,1H2,2H3/b14-10+,18-17?. The van der Waals surface area contributed by atoms with Crippen LogP contribution in [0.25, 0.3) is 23.6 Å². The first kappa shape index (κ1) is 13.1. The summed E-state index contributed by atoms with van der Waals surface area (Å²) >= 11 is 0. The highest BCUT2D eigenvalue weighted by atomic mass is 16.5. The van der Waals surface area contributed by atoms with Gasteiger partial charge in [-0.05, 0) is 29.5 Å². The van der Waals surface area contributed by atoms with Crippen molar-refractivity contribution in [2.45, 2.75) is 0 Å². The molecule has 2 aromatic heterocycles. The largest absolute Gasteiger partial charge is 0.496 e. The summed E-state index contributed by atoms with van der Waals surface area (Å²) in [5, 5.41) is 11.0. The van der Waals surface area contributed by atoms with Crippen molar-refractivity contribution in [2.24, 2.45) is 0 Å². The van der Waals surface area contributed by atoms with Crippen LogP contribution in [0.1, 0.15) is 0 Å². The number of aromatic nitrogens is 2. The normalized spacial score (nSPS) is 11.8. The second kappa shape index (κ2) is 5.25. The lowest BCUT2D eigenvalue weighted by Gasteiger charge is -2.05. The maximum atomic E-state index is 8.33. The highest BCUT2D eigenvalue weighted by molar-refractivity contribution is 6.11. The van der Waals surface area contributed by atoms with Crippen molar-refractivity contribution < 1.29 is 4.74 Å². The SMILES string of the molecule is C=c1cccc(OC)/c1=C/C(=N)n1ccc2ccncc21. The lowest BCUT2D eigenvalue weighted by atomic mass is 10.2. The average Bonchev–Trinajstić information content (AvgIpc) is 2.93. The summed E-state index contributed by atoms with van der Waals surface area (Å²) in [4.78, 5) is 4.12. The fourth-order valence-corrected chi connectivity index (χ4v) is 2.32. The van der Waals surface area contributed by atoms with Gasteiger partial charge < -0.3 is 9.30 Å². The Morgan fingerprint density at radius 2 is 2.19 bits per heavy atom. The first-order valence-electron chi connectivity index (χ1n) is 6.54. The maximum Gasteiger partial charge on any atom is 0.130 e. The van der Waals surface area contributed by atoms with E-state index in [1.54, 1.807) is 30.1 Å². The van der Waals surface area contributed by atoms with Crippen molar-refractivity contribution >= 4 is 29.4 Å². The Labute approximate surface area is 122 Å². The zero-order valence-electron chi connectivity index (χ0n) is 11.7. The molecule has 0 bridgehead atoms. The highest BCUT2D eigenvalue weighted by Crippen LogP contribution is 2.13. The Hall–Kier alpha value is -2.88. The van der Waals surface area contributed by atoms with Gasteiger partial charge in [0.25, 0.3) is 0 Å². The molecule has 0 saturated heterocycles. The van der Waals surface area contributed by atoms with E-state index in [0.29, 0.717) is 11.6 Å². The van der Waals surface area contributed by atoms with Gasteiger partial charge in [-0.15, -0.1) is 0 Å². The van der Waals surface area contributed by atoms with Gasteiger partial charge in [-0.1, -0.05) is 18.7 Å². The maximum absolute atomic E-state index is 8.33. The Kier molecular flexibility index (Phi) is 3.28. The summed E-state index contributed by atoms with van der Waals surface area (Å²) in [6, 6.07) is 9.54. The predicted molar refractivity (Wildman–Crippen MR) is 85.1 cm³/mol. The number of nitrogens with one attached hydrogen (secondary N) is 1. The molecule has 2 heterocycles. The van der Waals surface area contributed by atoms with Crippen LogP contribution in [0.2, 0.25) is 0 Å². The molecular formula is C17H15N3O. The molecule has 1 N–H and O–H groups in total. The lowest BCUT2D eigenvalue weighted by molar-refractivity contribution is 0.411. The van der Waals surface area contributed by atoms with Crippen LogP contribution < -0.4 is 15.2 Å². The van der Waals surface area contributed by atoms with Crippen LogP contribution in [-0.4, -0.2) is 22.5 Å². The minimum absolute atomic E-state index is 0.340. The number of hydrogen-bond acceptors (Lipinski definition) is 3. The van der Waals surface area contributed by atoms with Crippen molar-refractivity contribution in [3.63, 3.8) is 0 Å². The molecule has 3 rings (SSSR count). The molecular weight excluding hydrogens is 262 g/mol.